The summed E-state index contributed by atoms with van der Waals surface area (Å²) in [5, 5.41) is 0. The normalized spacial score (nSPS) is 30.9. The van der Waals surface area contributed by atoms with Crippen molar-refractivity contribution in [3.63, 3.8) is 0 Å². The summed E-state index contributed by atoms with van der Waals surface area (Å²) >= 11 is 1.86. The van der Waals surface area contributed by atoms with Gasteiger partial charge in [0.2, 0.25) is 0 Å². The SMILES string of the molecule is Cc1ccc(C2(N)CCC(C)(C)C2)s1. The molecule has 0 radical (unpaired) electrons. The lowest BCUT2D eigenvalue weighted by Crippen LogP contribution is -2.33. The molecule has 2 rings (SSSR count). The van der Waals surface area contributed by atoms with Crippen LogP contribution in [-0.2, 0) is 5.54 Å². The molecule has 1 heterocycles. The van der Waals surface area contributed by atoms with Gasteiger partial charge in [-0.2, -0.15) is 0 Å². The molecular weight excluding hydrogens is 190 g/mol. The van der Waals surface area contributed by atoms with Crippen LogP contribution in [0.15, 0.2) is 12.1 Å². The second-order valence-corrected chi connectivity index (χ2v) is 6.70. The number of hydrogen-bond donors (Lipinski definition) is 1. The zero-order valence-corrected chi connectivity index (χ0v) is 10.1. The zero-order chi connectivity index (χ0) is 10.4. The Morgan fingerprint density at radius 1 is 1.29 bits per heavy atom. The van der Waals surface area contributed by atoms with Gasteiger partial charge in [-0.05, 0) is 43.7 Å². The molecule has 14 heavy (non-hydrogen) atoms. The zero-order valence-electron chi connectivity index (χ0n) is 9.26. The molecule has 1 nitrogen and oxygen atoms in total. The Kier molecular flexibility index (Phi) is 2.24. The molecule has 78 valence electrons. The predicted octanol–water partition coefficient (Wildman–Crippen LogP) is 3.42. The Balaban J connectivity index is 2.27. The maximum atomic E-state index is 6.48. The maximum Gasteiger partial charge on any atom is 0.0509 e. The largest absolute Gasteiger partial charge is 0.321 e. The molecule has 2 heteroatoms. The van der Waals surface area contributed by atoms with E-state index in [4.69, 9.17) is 5.73 Å². The van der Waals surface area contributed by atoms with Crippen molar-refractivity contribution < 1.29 is 0 Å². The fraction of sp³-hybridized carbons (Fsp3) is 0.667. The second kappa shape index (κ2) is 3.07. The van der Waals surface area contributed by atoms with Gasteiger partial charge >= 0.3 is 0 Å². The Morgan fingerprint density at radius 2 is 2.00 bits per heavy atom. The first-order valence-electron chi connectivity index (χ1n) is 5.27. The predicted molar refractivity (Wildman–Crippen MR) is 62.6 cm³/mol. The van der Waals surface area contributed by atoms with Crippen LogP contribution >= 0.6 is 11.3 Å². The van der Waals surface area contributed by atoms with E-state index in [1.807, 2.05) is 11.3 Å². The summed E-state index contributed by atoms with van der Waals surface area (Å²) in [6.45, 7) is 6.79. The van der Waals surface area contributed by atoms with E-state index in [1.54, 1.807) is 0 Å². The summed E-state index contributed by atoms with van der Waals surface area (Å²) < 4.78 is 0. The summed E-state index contributed by atoms with van der Waals surface area (Å²) in [5.74, 6) is 0. The van der Waals surface area contributed by atoms with Crippen molar-refractivity contribution in [2.75, 3.05) is 0 Å². The van der Waals surface area contributed by atoms with E-state index in [0.29, 0.717) is 5.41 Å². The molecular formula is C12H19NS. The van der Waals surface area contributed by atoms with E-state index >= 15 is 0 Å². The van der Waals surface area contributed by atoms with Crippen LogP contribution in [0.25, 0.3) is 0 Å². The van der Waals surface area contributed by atoms with Gasteiger partial charge in [0.1, 0.15) is 0 Å². The molecule has 0 amide bonds. The molecule has 0 aromatic carbocycles. The maximum absolute atomic E-state index is 6.48. The lowest BCUT2D eigenvalue weighted by atomic mass is 9.87. The van der Waals surface area contributed by atoms with Gasteiger partial charge in [0.05, 0.1) is 5.54 Å². The van der Waals surface area contributed by atoms with Crippen LogP contribution in [0.4, 0.5) is 0 Å². The highest BCUT2D eigenvalue weighted by atomic mass is 32.1. The smallest absolute Gasteiger partial charge is 0.0509 e. The van der Waals surface area contributed by atoms with Crippen LogP contribution in [0.5, 0.6) is 0 Å². The lowest BCUT2D eigenvalue weighted by Gasteiger charge is -2.25. The molecule has 0 saturated heterocycles. The molecule has 0 bridgehead atoms. The molecule has 1 fully saturated rings. The Hall–Kier alpha value is -0.340. The number of nitrogens with two attached hydrogens (primary N) is 1. The van der Waals surface area contributed by atoms with E-state index in [-0.39, 0.29) is 5.54 Å². The van der Waals surface area contributed by atoms with Crippen LogP contribution in [0.1, 0.15) is 42.9 Å². The van der Waals surface area contributed by atoms with Crippen LogP contribution in [0, 0.1) is 12.3 Å². The van der Waals surface area contributed by atoms with E-state index < -0.39 is 0 Å². The van der Waals surface area contributed by atoms with Gasteiger partial charge in [-0.25, -0.2) is 0 Å². The van der Waals surface area contributed by atoms with Gasteiger partial charge in [0.15, 0.2) is 0 Å². The minimum atomic E-state index is -0.0393. The van der Waals surface area contributed by atoms with Crippen molar-refractivity contribution >= 4 is 11.3 Å². The highest BCUT2D eigenvalue weighted by Gasteiger charge is 2.42. The number of rotatable bonds is 1. The minimum absolute atomic E-state index is 0.0393. The van der Waals surface area contributed by atoms with Gasteiger partial charge in [-0.15, -0.1) is 11.3 Å². The highest BCUT2D eigenvalue weighted by Crippen LogP contribution is 2.48. The molecule has 2 N–H and O–H groups in total. The van der Waals surface area contributed by atoms with Crippen molar-refractivity contribution in [1.29, 1.82) is 0 Å². The quantitative estimate of drug-likeness (QED) is 0.753. The molecule has 1 saturated carbocycles. The molecule has 1 aromatic rings. The van der Waals surface area contributed by atoms with Crippen molar-refractivity contribution in [2.24, 2.45) is 11.1 Å². The van der Waals surface area contributed by atoms with E-state index in [1.165, 1.54) is 16.2 Å². The summed E-state index contributed by atoms with van der Waals surface area (Å²) in [7, 11) is 0. The van der Waals surface area contributed by atoms with E-state index in [0.717, 1.165) is 12.8 Å². The molecule has 1 atom stereocenters. The fourth-order valence-corrected chi connectivity index (χ4v) is 3.50. The standard InChI is InChI=1S/C12H19NS/c1-9-4-5-10(14-9)12(13)7-6-11(2,3)8-12/h4-5H,6-8,13H2,1-3H3. The fourth-order valence-electron chi connectivity index (χ4n) is 2.50. The third-order valence-electron chi connectivity index (χ3n) is 3.27. The van der Waals surface area contributed by atoms with Crippen LogP contribution in [0.3, 0.4) is 0 Å². The van der Waals surface area contributed by atoms with Crippen molar-refractivity contribution in [2.45, 2.75) is 45.6 Å². The summed E-state index contributed by atoms with van der Waals surface area (Å²) in [5.41, 5.74) is 6.86. The first-order valence-corrected chi connectivity index (χ1v) is 6.09. The van der Waals surface area contributed by atoms with Crippen molar-refractivity contribution in [3.8, 4) is 0 Å². The molecule has 0 spiro atoms. The summed E-state index contributed by atoms with van der Waals surface area (Å²) in [6.07, 6.45) is 3.51. The average Bonchev–Trinajstić information content (AvgIpc) is 2.57. The Labute approximate surface area is 90.3 Å². The molecule has 1 aliphatic rings. The molecule has 1 unspecified atom stereocenters. The number of aryl methyl sites for hydroxylation is 1. The van der Waals surface area contributed by atoms with Gasteiger partial charge in [0, 0.05) is 9.75 Å². The van der Waals surface area contributed by atoms with Gasteiger partial charge in [0.25, 0.3) is 0 Å². The molecule has 1 aromatic heterocycles. The monoisotopic (exact) mass is 209 g/mol. The van der Waals surface area contributed by atoms with Gasteiger partial charge < -0.3 is 5.73 Å². The minimum Gasteiger partial charge on any atom is -0.321 e. The lowest BCUT2D eigenvalue weighted by molar-refractivity contribution is 0.342. The van der Waals surface area contributed by atoms with Crippen molar-refractivity contribution in [3.05, 3.63) is 21.9 Å². The Bertz CT molecular complexity index is 340. The average molecular weight is 209 g/mol. The second-order valence-electron chi connectivity index (χ2n) is 5.41. The van der Waals surface area contributed by atoms with Crippen LogP contribution < -0.4 is 5.73 Å². The first-order chi connectivity index (χ1) is 6.41. The molecule has 1 aliphatic carbocycles. The van der Waals surface area contributed by atoms with E-state index in [2.05, 4.69) is 32.9 Å². The van der Waals surface area contributed by atoms with E-state index in [9.17, 15) is 0 Å². The molecule has 0 aliphatic heterocycles. The third kappa shape index (κ3) is 1.73. The van der Waals surface area contributed by atoms with Gasteiger partial charge in [-0.1, -0.05) is 13.8 Å². The topological polar surface area (TPSA) is 26.0 Å². The third-order valence-corrected chi connectivity index (χ3v) is 4.49. The Morgan fingerprint density at radius 3 is 2.43 bits per heavy atom. The number of hydrogen-bond acceptors (Lipinski definition) is 2. The van der Waals surface area contributed by atoms with Crippen LogP contribution in [-0.4, -0.2) is 0 Å². The number of thiophene rings is 1. The summed E-state index contributed by atoms with van der Waals surface area (Å²) in [4.78, 5) is 2.75. The highest BCUT2D eigenvalue weighted by molar-refractivity contribution is 7.12. The van der Waals surface area contributed by atoms with Gasteiger partial charge in [-0.3, -0.25) is 0 Å². The van der Waals surface area contributed by atoms with Crippen molar-refractivity contribution in [1.82, 2.24) is 0 Å². The first kappa shape index (κ1) is 10.2. The summed E-state index contributed by atoms with van der Waals surface area (Å²) in [6, 6.07) is 4.39. The van der Waals surface area contributed by atoms with Crippen LogP contribution in [0.2, 0.25) is 0 Å².